The van der Waals surface area contributed by atoms with Crippen molar-refractivity contribution in [1.82, 2.24) is 4.31 Å². The SMILES string of the molecule is O=C(Nc1cccc(NC(=O)c2cccs2)c1)c1cccc(S(=O)(=O)N2CCCCC2)c1. The first-order chi connectivity index (χ1) is 15.4. The number of thiophene rings is 1. The lowest BCUT2D eigenvalue weighted by Crippen LogP contribution is -2.35. The van der Waals surface area contributed by atoms with Crippen LogP contribution in [0.3, 0.4) is 0 Å². The molecule has 32 heavy (non-hydrogen) atoms. The number of carbonyl (C=O) groups is 2. The van der Waals surface area contributed by atoms with Gasteiger partial charge in [-0.2, -0.15) is 4.31 Å². The van der Waals surface area contributed by atoms with Crippen molar-refractivity contribution in [3.05, 3.63) is 76.5 Å². The van der Waals surface area contributed by atoms with Gasteiger partial charge in [-0.05, 0) is 60.7 Å². The van der Waals surface area contributed by atoms with Crippen molar-refractivity contribution < 1.29 is 18.0 Å². The molecule has 2 aromatic carbocycles. The molecule has 0 unspecified atom stereocenters. The van der Waals surface area contributed by atoms with Gasteiger partial charge < -0.3 is 10.6 Å². The van der Waals surface area contributed by atoms with Gasteiger partial charge in [-0.1, -0.05) is 24.6 Å². The largest absolute Gasteiger partial charge is 0.322 e. The van der Waals surface area contributed by atoms with Crippen molar-refractivity contribution in [2.24, 2.45) is 0 Å². The molecule has 4 rings (SSSR count). The van der Waals surface area contributed by atoms with E-state index in [4.69, 9.17) is 0 Å². The van der Waals surface area contributed by atoms with Crippen LogP contribution in [-0.4, -0.2) is 37.6 Å². The number of piperidine rings is 1. The van der Waals surface area contributed by atoms with E-state index >= 15 is 0 Å². The monoisotopic (exact) mass is 469 g/mol. The minimum Gasteiger partial charge on any atom is -0.322 e. The highest BCUT2D eigenvalue weighted by Crippen LogP contribution is 2.22. The van der Waals surface area contributed by atoms with Crippen molar-refractivity contribution in [1.29, 1.82) is 0 Å². The van der Waals surface area contributed by atoms with E-state index < -0.39 is 15.9 Å². The molecule has 0 bridgehead atoms. The van der Waals surface area contributed by atoms with Gasteiger partial charge in [0.1, 0.15) is 0 Å². The number of hydrogen-bond acceptors (Lipinski definition) is 5. The first-order valence-electron chi connectivity index (χ1n) is 10.3. The van der Waals surface area contributed by atoms with E-state index in [1.165, 1.54) is 27.8 Å². The number of nitrogens with one attached hydrogen (secondary N) is 2. The van der Waals surface area contributed by atoms with Gasteiger partial charge in [-0.15, -0.1) is 11.3 Å². The molecule has 0 radical (unpaired) electrons. The molecule has 2 heterocycles. The first kappa shape index (κ1) is 22.2. The Morgan fingerprint density at radius 1 is 0.812 bits per heavy atom. The van der Waals surface area contributed by atoms with Crippen LogP contribution in [0.2, 0.25) is 0 Å². The van der Waals surface area contributed by atoms with Crippen LogP contribution in [0.1, 0.15) is 39.3 Å². The summed E-state index contributed by atoms with van der Waals surface area (Å²) in [6.07, 6.45) is 2.72. The molecule has 9 heteroatoms. The summed E-state index contributed by atoms with van der Waals surface area (Å²) in [5.41, 5.74) is 1.28. The number of hydrogen-bond donors (Lipinski definition) is 2. The molecule has 1 saturated heterocycles. The van der Waals surface area contributed by atoms with Crippen molar-refractivity contribution in [3.63, 3.8) is 0 Å². The fourth-order valence-electron chi connectivity index (χ4n) is 3.53. The van der Waals surface area contributed by atoms with Gasteiger partial charge in [-0.3, -0.25) is 9.59 Å². The van der Waals surface area contributed by atoms with Crippen molar-refractivity contribution in [3.8, 4) is 0 Å². The number of sulfonamides is 1. The lowest BCUT2D eigenvalue weighted by Gasteiger charge is -2.26. The summed E-state index contributed by atoms with van der Waals surface area (Å²) in [7, 11) is -3.63. The Labute approximate surface area is 191 Å². The Morgan fingerprint density at radius 2 is 1.50 bits per heavy atom. The quantitative estimate of drug-likeness (QED) is 0.558. The predicted molar refractivity (Wildman–Crippen MR) is 126 cm³/mol. The van der Waals surface area contributed by atoms with Crippen LogP contribution in [0.25, 0.3) is 0 Å². The second-order valence-corrected chi connectivity index (χ2v) is 10.3. The molecule has 0 atom stereocenters. The highest BCUT2D eigenvalue weighted by Gasteiger charge is 2.26. The van der Waals surface area contributed by atoms with E-state index in [2.05, 4.69) is 10.6 Å². The van der Waals surface area contributed by atoms with Crippen molar-refractivity contribution >= 4 is 44.5 Å². The van der Waals surface area contributed by atoms with Crippen LogP contribution < -0.4 is 10.6 Å². The van der Waals surface area contributed by atoms with Gasteiger partial charge in [0, 0.05) is 30.0 Å². The van der Waals surface area contributed by atoms with Gasteiger partial charge in [-0.25, -0.2) is 8.42 Å². The average Bonchev–Trinajstić information content (AvgIpc) is 3.35. The minimum atomic E-state index is -3.63. The molecular formula is C23H23N3O4S2. The van der Waals surface area contributed by atoms with Gasteiger partial charge >= 0.3 is 0 Å². The third-order valence-corrected chi connectivity index (χ3v) is 7.94. The van der Waals surface area contributed by atoms with Crippen LogP contribution in [0.15, 0.2) is 70.9 Å². The maximum Gasteiger partial charge on any atom is 0.265 e. The zero-order chi connectivity index (χ0) is 22.6. The topological polar surface area (TPSA) is 95.6 Å². The minimum absolute atomic E-state index is 0.115. The van der Waals surface area contributed by atoms with E-state index in [9.17, 15) is 18.0 Å². The molecule has 2 amide bonds. The molecular weight excluding hydrogens is 446 g/mol. The molecule has 0 saturated carbocycles. The standard InChI is InChI=1S/C23H23N3O4S2/c27-22(17-7-4-10-20(15-17)32(29,30)26-12-2-1-3-13-26)24-18-8-5-9-19(16-18)25-23(28)21-11-6-14-31-21/h4-11,14-16H,1-3,12-13H2,(H,24,27)(H,25,28). The fraction of sp³-hybridized carbons (Fsp3) is 0.217. The van der Waals surface area contributed by atoms with E-state index in [1.54, 1.807) is 48.5 Å². The van der Waals surface area contributed by atoms with E-state index in [-0.39, 0.29) is 16.4 Å². The highest BCUT2D eigenvalue weighted by molar-refractivity contribution is 7.89. The lowest BCUT2D eigenvalue weighted by atomic mass is 10.2. The molecule has 1 aromatic heterocycles. The second-order valence-electron chi connectivity index (χ2n) is 7.46. The van der Waals surface area contributed by atoms with Crippen molar-refractivity contribution in [2.45, 2.75) is 24.2 Å². The summed E-state index contributed by atoms with van der Waals surface area (Å²) in [6, 6.07) is 16.4. The Hall–Kier alpha value is -3.01. The van der Waals surface area contributed by atoms with Crippen LogP contribution in [0.4, 0.5) is 11.4 Å². The van der Waals surface area contributed by atoms with Gasteiger partial charge in [0.2, 0.25) is 10.0 Å². The first-order valence-corrected chi connectivity index (χ1v) is 12.6. The van der Waals surface area contributed by atoms with Crippen LogP contribution in [-0.2, 0) is 10.0 Å². The summed E-state index contributed by atoms with van der Waals surface area (Å²) in [6.45, 7) is 1.01. The Kier molecular flexibility index (Phi) is 6.69. The molecule has 166 valence electrons. The molecule has 0 spiro atoms. The smallest absolute Gasteiger partial charge is 0.265 e. The Morgan fingerprint density at radius 3 is 2.19 bits per heavy atom. The highest BCUT2D eigenvalue weighted by atomic mass is 32.2. The van der Waals surface area contributed by atoms with Gasteiger partial charge in [0.15, 0.2) is 0 Å². The number of anilines is 2. The van der Waals surface area contributed by atoms with Crippen LogP contribution in [0.5, 0.6) is 0 Å². The second kappa shape index (κ2) is 9.64. The summed E-state index contributed by atoms with van der Waals surface area (Å²) in [5, 5.41) is 7.39. The zero-order valence-electron chi connectivity index (χ0n) is 17.3. The molecule has 7 nitrogen and oxygen atoms in total. The summed E-state index contributed by atoms with van der Waals surface area (Å²) < 4.78 is 27.3. The van der Waals surface area contributed by atoms with E-state index in [0.29, 0.717) is 29.3 Å². The summed E-state index contributed by atoms with van der Waals surface area (Å²) in [4.78, 5) is 25.7. The van der Waals surface area contributed by atoms with E-state index in [1.807, 2.05) is 5.38 Å². The van der Waals surface area contributed by atoms with Crippen molar-refractivity contribution in [2.75, 3.05) is 23.7 Å². The molecule has 2 N–H and O–H groups in total. The summed E-state index contributed by atoms with van der Waals surface area (Å²) >= 11 is 1.34. The molecule has 3 aromatic rings. The van der Waals surface area contributed by atoms with Crippen LogP contribution >= 0.6 is 11.3 Å². The summed E-state index contributed by atoms with van der Waals surface area (Å²) in [5.74, 6) is -0.651. The normalized spacial score (nSPS) is 14.6. The predicted octanol–water partition coefficient (Wildman–Crippen LogP) is 4.43. The van der Waals surface area contributed by atoms with Gasteiger partial charge in [0.05, 0.1) is 9.77 Å². The van der Waals surface area contributed by atoms with Crippen LogP contribution in [0, 0.1) is 0 Å². The Bertz CT molecular complexity index is 1220. The third kappa shape index (κ3) is 5.07. The number of benzene rings is 2. The molecule has 1 fully saturated rings. The molecule has 1 aliphatic heterocycles. The maximum atomic E-state index is 12.9. The van der Waals surface area contributed by atoms with Gasteiger partial charge in [0.25, 0.3) is 11.8 Å². The maximum absolute atomic E-state index is 12.9. The molecule has 1 aliphatic rings. The lowest BCUT2D eigenvalue weighted by molar-refractivity contribution is 0.102. The zero-order valence-corrected chi connectivity index (χ0v) is 18.9. The number of amides is 2. The molecule has 0 aliphatic carbocycles. The third-order valence-electron chi connectivity index (χ3n) is 5.17. The number of rotatable bonds is 6. The average molecular weight is 470 g/mol. The number of nitrogens with zero attached hydrogens (tertiary/aromatic N) is 1. The van der Waals surface area contributed by atoms with E-state index in [0.717, 1.165) is 19.3 Å². The fourth-order valence-corrected chi connectivity index (χ4v) is 5.71. The Balaban J connectivity index is 1.47. The number of carbonyl (C=O) groups excluding carboxylic acids is 2.